The minimum atomic E-state index is -0.224. The summed E-state index contributed by atoms with van der Waals surface area (Å²) < 4.78 is 0. The molecule has 3 unspecified atom stereocenters. The molecule has 2 nitrogen and oxygen atoms in total. The number of rotatable bonds is 3. The van der Waals surface area contributed by atoms with Crippen molar-refractivity contribution in [1.29, 1.82) is 0 Å². The first-order chi connectivity index (χ1) is 6.15. The number of hydrogen-bond acceptors (Lipinski definition) is 3. The van der Waals surface area contributed by atoms with Crippen LogP contribution >= 0.6 is 27.7 Å². The molecule has 0 radical (unpaired) electrons. The van der Waals surface area contributed by atoms with E-state index in [0.29, 0.717) is 16.6 Å². The van der Waals surface area contributed by atoms with Gasteiger partial charge in [-0.05, 0) is 6.92 Å². The third-order valence-electron chi connectivity index (χ3n) is 2.64. The smallest absolute Gasteiger partial charge is 0.0763 e. The quantitative estimate of drug-likeness (QED) is 0.786. The number of alkyl halides is 1. The summed E-state index contributed by atoms with van der Waals surface area (Å²) in [6.07, 6.45) is -0.224. The summed E-state index contributed by atoms with van der Waals surface area (Å²) in [5.41, 5.74) is 0. The number of hydrogen-bond donors (Lipinski definition) is 1. The van der Waals surface area contributed by atoms with Crippen LogP contribution in [0.5, 0.6) is 0 Å². The zero-order valence-electron chi connectivity index (χ0n) is 8.24. The number of aliphatic hydroxyl groups excluding tert-OH is 1. The van der Waals surface area contributed by atoms with Gasteiger partial charge in [-0.25, -0.2) is 0 Å². The Kier molecular flexibility index (Phi) is 5.08. The number of halogens is 1. The molecule has 0 amide bonds. The molecule has 1 aliphatic heterocycles. The van der Waals surface area contributed by atoms with Gasteiger partial charge in [0.1, 0.15) is 0 Å². The Morgan fingerprint density at radius 3 is 2.92 bits per heavy atom. The molecule has 0 aromatic rings. The summed E-state index contributed by atoms with van der Waals surface area (Å²) >= 11 is 5.32. The molecule has 0 aromatic heterocycles. The highest BCUT2D eigenvalue weighted by Gasteiger charge is 2.26. The van der Waals surface area contributed by atoms with Crippen LogP contribution in [0.4, 0.5) is 0 Å². The third kappa shape index (κ3) is 3.42. The average Bonchev–Trinajstić information content (AvgIpc) is 2.13. The molecule has 0 aliphatic carbocycles. The van der Waals surface area contributed by atoms with Crippen molar-refractivity contribution in [1.82, 2.24) is 4.90 Å². The monoisotopic (exact) mass is 267 g/mol. The molecule has 78 valence electrons. The lowest BCUT2D eigenvalue weighted by molar-refractivity contribution is 0.108. The highest BCUT2D eigenvalue weighted by atomic mass is 79.9. The maximum Gasteiger partial charge on any atom is 0.0763 e. The molecule has 1 heterocycles. The van der Waals surface area contributed by atoms with Gasteiger partial charge in [0.25, 0.3) is 0 Å². The molecule has 0 saturated carbocycles. The lowest BCUT2D eigenvalue weighted by atomic mass is 10.2. The highest BCUT2D eigenvalue weighted by Crippen LogP contribution is 2.24. The Labute approximate surface area is 93.2 Å². The lowest BCUT2D eigenvalue weighted by Gasteiger charge is -2.38. The van der Waals surface area contributed by atoms with E-state index in [0.717, 1.165) is 13.1 Å². The van der Waals surface area contributed by atoms with Crippen molar-refractivity contribution in [3.63, 3.8) is 0 Å². The second-order valence-electron chi connectivity index (χ2n) is 3.62. The van der Waals surface area contributed by atoms with Crippen LogP contribution in [-0.2, 0) is 0 Å². The van der Waals surface area contributed by atoms with Crippen molar-refractivity contribution in [2.24, 2.45) is 0 Å². The van der Waals surface area contributed by atoms with Gasteiger partial charge in [-0.1, -0.05) is 22.9 Å². The number of thioether (sulfide) groups is 1. The van der Waals surface area contributed by atoms with E-state index >= 15 is 0 Å². The summed E-state index contributed by atoms with van der Waals surface area (Å²) in [7, 11) is 0. The molecule has 0 spiro atoms. The molecule has 1 aliphatic rings. The molecule has 13 heavy (non-hydrogen) atoms. The van der Waals surface area contributed by atoms with Crippen LogP contribution in [-0.4, -0.2) is 51.6 Å². The fourth-order valence-electron chi connectivity index (χ4n) is 1.57. The van der Waals surface area contributed by atoms with E-state index in [2.05, 4.69) is 34.7 Å². The first kappa shape index (κ1) is 11.8. The number of nitrogens with zero attached hydrogens (tertiary/aromatic N) is 1. The van der Waals surface area contributed by atoms with E-state index in [4.69, 9.17) is 0 Å². The number of aliphatic hydroxyl groups is 1. The fraction of sp³-hybridized carbons (Fsp3) is 1.00. The Hall–Kier alpha value is 0.750. The van der Waals surface area contributed by atoms with Crippen LogP contribution in [0.2, 0.25) is 0 Å². The SMILES string of the molecule is CC1SCCN(CC(O)CBr)C1C. The summed E-state index contributed by atoms with van der Waals surface area (Å²) in [5.74, 6) is 1.19. The molecule has 1 rings (SSSR count). The zero-order chi connectivity index (χ0) is 9.84. The van der Waals surface area contributed by atoms with E-state index in [1.807, 2.05) is 11.8 Å². The van der Waals surface area contributed by atoms with Crippen molar-refractivity contribution in [3.05, 3.63) is 0 Å². The first-order valence-electron chi connectivity index (χ1n) is 4.75. The fourth-order valence-corrected chi connectivity index (χ4v) is 2.94. The standard InChI is InChI=1S/C9H18BrNOS/c1-7-8(2)13-4-3-11(7)6-9(12)5-10/h7-9,12H,3-6H2,1-2H3. The van der Waals surface area contributed by atoms with Crippen molar-refractivity contribution in [3.8, 4) is 0 Å². The molecule has 0 bridgehead atoms. The maximum atomic E-state index is 9.52. The van der Waals surface area contributed by atoms with Crippen LogP contribution < -0.4 is 0 Å². The largest absolute Gasteiger partial charge is 0.391 e. The van der Waals surface area contributed by atoms with Gasteiger partial charge in [-0.2, -0.15) is 11.8 Å². The average molecular weight is 268 g/mol. The highest BCUT2D eigenvalue weighted by molar-refractivity contribution is 9.09. The summed E-state index contributed by atoms with van der Waals surface area (Å²) in [6.45, 7) is 6.43. The van der Waals surface area contributed by atoms with E-state index in [9.17, 15) is 5.11 Å². The van der Waals surface area contributed by atoms with Crippen molar-refractivity contribution in [2.75, 3.05) is 24.2 Å². The van der Waals surface area contributed by atoms with Gasteiger partial charge in [0, 0.05) is 35.5 Å². The second-order valence-corrected chi connectivity index (χ2v) is 5.75. The van der Waals surface area contributed by atoms with Gasteiger partial charge in [0.15, 0.2) is 0 Å². The maximum absolute atomic E-state index is 9.52. The van der Waals surface area contributed by atoms with E-state index in [-0.39, 0.29) is 6.10 Å². The van der Waals surface area contributed by atoms with E-state index in [1.165, 1.54) is 5.75 Å². The van der Waals surface area contributed by atoms with Gasteiger partial charge >= 0.3 is 0 Å². The molecule has 0 aromatic carbocycles. The minimum absolute atomic E-state index is 0.224. The summed E-state index contributed by atoms with van der Waals surface area (Å²) in [5, 5.41) is 10.9. The first-order valence-corrected chi connectivity index (χ1v) is 6.92. The molecule has 1 fully saturated rings. The summed E-state index contributed by atoms with van der Waals surface area (Å²) in [6, 6.07) is 0.590. The minimum Gasteiger partial charge on any atom is -0.391 e. The zero-order valence-corrected chi connectivity index (χ0v) is 10.6. The van der Waals surface area contributed by atoms with Crippen molar-refractivity contribution in [2.45, 2.75) is 31.2 Å². The van der Waals surface area contributed by atoms with Gasteiger partial charge in [0.05, 0.1) is 6.10 Å². The molecule has 1 saturated heterocycles. The van der Waals surface area contributed by atoms with Crippen LogP contribution in [0.1, 0.15) is 13.8 Å². The Bertz CT molecular complexity index is 159. The predicted molar refractivity (Wildman–Crippen MR) is 62.8 cm³/mol. The molecular weight excluding hydrogens is 250 g/mol. The molecule has 1 N–H and O–H groups in total. The third-order valence-corrected chi connectivity index (χ3v) is 4.72. The second kappa shape index (κ2) is 5.59. The van der Waals surface area contributed by atoms with Crippen LogP contribution in [0.3, 0.4) is 0 Å². The van der Waals surface area contributed by atoms with Gasteiger partial charge in [-0.3, -0.25) is 4.90 Å². The van der Waals surface area contributed by atoms with Crippen LogP contribution in [0.15, 0.2) is 0 Å². The van der Waals surface area contributed by atoms with E-state index < -0.39 is 0 Å². The lowest BCUT2D eigenvalue weighted by Crippen LogP contribution is -2.48. The molecule has 4 heteroatoms. The molecular formula is C9H18BrNOS. The van der Waals surface area contributed by atoms with Gasteiger partial charge in [0.2, 0.25) is 0 Å². The Morgan fingerprint density at radius 2 is 2.31 bits per heavy atom. The topological polar surface area (TPSA) is 23.5 Å². The van der Waals surface area contributed by atoms with Crippen LogP contribution in [0, 0.1) is 0 Å². The van der Waals surface area contributed by atoms with E-state index in [1.54, 1.807) is 0 Å². The normalized spacial score (nSPS) is 33.2. The Morgan fingerprint density at radius 1 is 1.62 bits per heavy atom. The van der Waals surface area contributed by atoms with Gasteiger partial charge in [-0.15, -0.1) is 0 Å². The van der Waals surface area contributed by atoms with Crippen molar-refractivity contribution < 1.29 is 5.11 Å². The summed E-state index contributed by atoms with van der Waals surface area (Å²) in [4.78, 5) is 2.38. The Balaban J connectivity index is 2.39. The van der Waals surface area contributed by atoms with Crippen LogP contribution in [0.25, 0.3) is 0 Å². The molecule has 3 atom stereocenters. The number of β-amino-alcohol motifs (C(OH)–C–C–N with tert-alkyl or cyclic N) is 1. The van der Waals surface area contributed by atoms with Crippen molar-refractivity contribution >= 4 is 27.7 Å². The van der Waals surface area contributed by atoms with Gasteiger partial charge < -0.3 is 5.11 Å². The predicted octanol–water partition coefficient (Wildman–Crippen LogP) is 1.57.